The van der Waals surface area contributed by atoms with Gasteiger partial charge in [0.2, 0.25) is 0 Å². The summed E-state index contributed by atoms with van der Waals surface area (Å²) in [4.78, 5) is 17.6. The van der Waals surface area contributed by atoms with Gasteiger partial charge in [0.05, 0.1) is 24.3 Å². The fourth-order valence-electron chi connectivity index (χ4n) is 1.79. The van der Waals surface area contributed by atoms with E-state index in [1.165, 1.54) is 0 Å². The lowest BCUT2D eigenvalue weighted by atomic mass is 10.1. The molecular formula is C11H15N3O2. The van der Waals surface area contributed by atoms with Crippen LogP contribution in [-0.2, 0) is 24.8 Å². The Morgan fingerprint density at radius 2 is 2.56 bits per heavy atom. The van der Waals surface area contributed by atoms with Gasteiger partial charge < -0.3 is 14.2 Å². The quantitative estimate of drug-likeness (QED) is 0.703. The third-order valence-electron chi connectivity index (χ3n) is 2.69. The number of hydrogen-bond donors (Lipinski definition) is 0. The van der Waals surface area contributed by atoms with E-state index in [0.717, 1.165) is 17.8 Å². The highest BCUT2D eigenvalue weighted by Crippen LogP contribution is 2.17. The Bertz CT molecular complexity index is 411. The summed E-state index contributed by atoms with van der Waals surface area (Å²) in [7, 11) is 1.93. The van der Waals surface area contributed by atoms with E-state index in [9.17, 15) is 4.79 Å². The van der Waals surface area contributed by atoms with Crippen LogP contribution in [0.4, 0.5) is 4.79 Å². The summed E-state index contributed by atoms with van der Waals surface area (Å²) >= 11 is 0. The molecule has 0 fully saturated rings. The van der Waals surface area contributed by atoms with Crippen LogP contribution >= 0.6 is 0 Å². The predicted octanol–water partition coefficient (Wildman–Crippen LogP) is 1.10. The molecule has 0 aromatic carbocycles. The molecule has 1 aromatic rings. The van der Waals surface area contributed by atoms with Crippen LogP contribution in [0.1, 0.15) is 11.4 Å². The Hall–Kier alpha value is -1.78. The number of ether oxygens (including phenoxy) is 1. The standard InChI is InChI=1S/C11H15N3O2/c1-3-6-16-11(15)14-5-4-9-10(7-14)13(2)8-12-9/h3,8H,1,4-7H2,2H3. The Kier molecular flexibility index (Phi) is 2.94. The molecule has 0 bridgehead atoms. The fourth-order valence-corrected chi connectivity index (χ4v) is 1.79. The molecule has 0 unspecified atom stereocenters. The number of fused-ring (bicyclic) bond motifs is 1. The molecule has 0 atom stereocenters. The number of hydrogen-bond acceptors (Lipinski definition) is 3. The van der Waals surface area contributed by atoms with Crippen LogP contribution in [0, 0.1) is 0 Å². The number of carbonyl (C=O) groups is 1. The first-order valence-electron chi connectivity index (χ1n) is 5.24. The molecule has 1 aliphatic heterocycles. The summed E-state index contributed by atoms with van der Waals surface area (Å²) in [6, 6.07) is 0. The lowest BCUT2D eigenvalue weighted by Crippen LogP contribution is -2.37. The molecule has 5 nitrogen and oxygen atoms in total. The van der Waals surface area contributed by atoms with Crippen LogP contribution < -0.4 is 0 Å². The van der Waals surface area contributed by atoms with Crippen molar-refractivity contribution in [3.05, 3.63) is 30.4 Å². The van der Waals surface area contributed by atoms with Gasteiger partial charge in [-0.2, -0.15) is 0 Å². The Balaban J connectivity index is 2.04. The van der Waals surface area contributed by atoms with Crippen molar-refractivity contribution in [2.24, 2.45) is 7.05 Å². The number of nitrogens with zero attached hydrogens (tertiary/aromatic N) is 3. The lowest BCUT2D eigenvalue weighted by Gasteiger charge is -2.26. The largest absolute Gasteiger partial charge is 0.445 e. The minimum Gasteiger partial charge on any atom is -0.445 e. The first-order valence-corrected chi connectivity index (χ1v) is 5.24. The minimum absolute atomic E-state index is 0.258. The topological polar surface area (TPSA) is 47.4 Å². The van der Waals surface area contributed by atoms with Gasteiger partial charge in [-0.3, -0.25) is 0 Å². The van der Waals surface area contributed by atoms with Crippen molar-refractivity contribution in [2.45, 2.75) is 13.0 Å². The smallest absolute Gasteiger partial charge is 0.410 e. The molecule has 16 heavy (non-hydrogen) atoms. The molecule has 5 heteroatoms. The fraction of sp³-hybridized carbons (Fsp3) is 0.455. The van der Waals surface area contributed by atoms with Gasteiger partial charge in [0.15, 0.2) is 0 Å². The van der Waals surface area contributed by atoms with Crippen LogP contribution in [-0.4, -0.2) is 33.7 Å². The van der Waals surface area contributed by atoms with Crippen molar-refractivity contribution in [3.8, 4) is 0 Å². The second-order valence-corrected chi connectivity index (χ2v) is 3.79. The monoisotopic (exact) mass is 221 g/mol. The zero-order valence-electron chi connectivity index (χ0n) is 9.35. The minimum atomic E-state index is -0.285. The van der Waals surface area contributed by atoms with Gasteiger partial charge in [-0.05, 0) is 0 Å². The van der Waals surface area contributed by atoms with Crippen molar-refractivity contribution in [1.82, 2.24) is 14.5 Å². The normalized spacial score (nSPS) is 14.4. The lowest BCUT2D eigenvalue weighted by molar-refractivity contribution is 0.106. The highest BCUT2D eigenvalue weighted by Gasteiger charge is 2.24. The molecule has 1 amide bonds. The average Bonchev–Trinajstić information content (AvgIpc) is 2.67. The molecule has 0 radical (unpaired) electrons. The van der Waals surface area contributed by atoms with Crippen LogP contribution in [0.2, 0.25) is 0 Å². The van der Waals surface area contributed by atoms with Gasteiger partial charge in [0.1, 0.15) is 6.61 Å². The Morgan fingerprint density at radius 1 is 1.75 bits per heavy atom. The zero-order valence-corrected chi connectivity index (χ0v) is 9.35. The molecule has 86 valence electrons. The summed E-state index contributed by atoms with van der Waals surface area (Å²) in [6.45, 7) is 5.01. The van der Waals surface area contributed by atoms with Crippen molar-refractivity contribution in [3.63, 3.8) is 0 Å². The van der Waals surface area contributed by atoms with E-state index < -0.39 is 0 Å². The summed E-state index contributed by atoms with van der Waals surface area (Å²) in [5, 5.41) is 0. The van der Waals surface area contributed by atoms with E-state index >= 15 is 0 Å². The molecule has 2 heterocycles. The molecule has 2 rings (SSSR count). The van der Waals surface area contributed by atoms with E-state index in [1.807, 2.05) is 11.6 Å². The third kappa shape index (κ3) is 1.93. The maximum atomic E-state index is 11.6. The van der Waals surface area contributed by atoms with Crippen LogP contribution in [0.5, 0.6) is 0 Å². The maximum absolute atomic E-state index is 11.6. The number of aryl methyl sites for hydroxylation is 1. The van der Waals surface area contributed by atoms with Crippen molar-refractivity contribution >= 4 is 6.09 Å². The second kappa shape index (κ2) is 4.38. The molecule has 0 saturated heterocycles. The molecule has 0 spiro atoms. The molecule has 0 aliphatic carbocycles. The zero-order chi connectivity index (χ0) is 11.5. The van der Waals surface area contributed by atoms with Gasteiger partial charge in [-0.1, -0.05) is 12.7 Å². The van der Waals surface area contributed by atoms with Crippen LogP contribution in [0.15, 0.2) is 19.0 Å². The second-order valence-electron chi connectivity index (χ2n) is 3.79. The van der Waals surface area contributed by atoms with Gasteiger partial charge in [0, 0.05) is 20.0 Å². The molecule has 1 aromatic heterocycles. The summed E-state index contributed by atoms with van der Waals surface area (Å²) in [6.07, 6.45) is 3.85. The van der Waals surface area contributed by atoms with Gasteiger partial charge in [-0.25, -0.2) is 9.78 Å². The summed E-state index contributed by atoms with van der Waals surface area (Å²) in [5.41, 5.74) is 2.16. The first kappa shape index (κ1) is 10.7. The van der Waals surface area contributed by atoms with Gasteiger partial charge >= 0.3 is 6.09 Å². The predicted molar refractivity (Wildman–Crippen MR) is 58.9 cm³/mol. The highest BCUT2D eigenvalue weighted by atomic mass is 16.6. The number of rotatable bonds is 2. The third-order valence-corrected chi connectivity index (χ3v) is 2.69. The van der Waals surface area contributed by atoms with E-state index in [0.29, 0.717) is 13.1 Å². The maximum Gasteiger partial charge on any atom is 0.410 e. The van der Waals surface area contributed by atoms with Crippen LogP contribution in [0.3, 0.4) is 0 Å². The van der Waals surface area contributed by atoms with Crippen molar-refractivity contribution in [1.29, 1.82) is 0 Å². The van der Waals surface area contributed by atoms with Gasteiger partial charge in [0.25, 0.3) is 0 Å². The van der Waals surface area contributed by atoms with Crippen LogP contribution in [0.25, 0.3) is 0 Å². The first-order chi connectivity index (χ1) is 7.72. The van der Waals surface area contributed by atoms with Crippen molar-refractivity contribution in [2.75, 3.05) is 13.2 Å². The van der Waals surface area contributed by atoms with E-state index in [4.69, 9.17) is 4.74 Å². The highest BCUT2D eigenvalue weighted by molar-refractivity contribution is 5.68. The van der Waals surface area contributed by atoms with Gasteiger partial charge in [-0.15, -0.1) is 0 Å². The summed E-state index contributed by atoms with van der Waals surface area (Å²) in [5.74, 6) is 0. The van der Waals surface area contributed by atoms with E-state index in [-0.39, 0.29) is 12.7 Å². The number of amides is 1. The Labute approximate surface area is 94.3 Å². The summed E-state index contributed by atoms with van der Waals surface area (Å²) < 4.78 is 6.95. The molecule has 1 aliphatic rings. The average molecular weight is 221 g/mol. The number of carbonyl (C=O) groups excluding carboxylic acids is 1. The molecule has 0 N–H and O–H groups in total. The van der Waals surface area contributed by atoms with E-state index in [2.05, 4.69) is 11.6 Å². The molecule has 0 saturated carbocycles. The van der Waals surface area contributed by atoms with Crippen molar-refractivity contribution < 1.29 is 9.53 Å². The number of imidazole rings is 1. The molecular weight excluding hydrogens is 206 g/mol. The Morgan fingerprint density at radius 3 is 3.31 bits per heavy atom. The number of aromatic nitrogens is 2. The SMILES string of the molecule is C=CCOC(=O)N1CCc2ncn(C)c2C1. The van der Waals surface area contributed by atoms with E-state index in [1.54, 1.807) is 17.3 Å².